The van der Waals surface area contributed by atoms with Crippen molar-refractivity contribution in [3.05, 3.63) is 0 Å². The SMILES string of the molecule is C[C@@]12CCC1C[C@@H](Br)C2=O. The Kier molecular flexibility index (Phi) is 1.26. The second kappa shape index (κ2) is 1.84. The maximum atomic E-state index is 11.4. The number of ketones is 1. The van der Waals surface area contributed by atoms with Gasteiger partial charge in [-0.05, 0) is 25.2 Å². The fourth-order valence-electron chi connectivity index (χ4n) is 2.20. The molecule has 2 aliphatic carbocycles. The van der Waals surface area contributed by atoms with Crippen molar-refractivity contribution in [3.63, 3.8) is 0 Å². The molecule has 10 heavy (non-hydrogen) atoms. The highest BCUT2D eigenvalue weighted by Gasteiger charge is 2.55. The summed E-state index contributed by atoms with van der Waals surface area (Å²) in [4.78, 5) is 11.6. The van der Waals surface area contributed by atoms with Gasteiger partial charge in [0.25, 0.3) is 0 Å². The molecule has 0 radical (unpaired) electrons. The smallest absolute Gasteiger partial charge is 0.152 e. The van der Waals surface area contributed by atoms with E-state index < -0.39 is 0 Å². The van der Waals surface area contributed by atoms with E-state index in [0.717, 1.165) is 12.8 Å². The molecule has 0 aromatic carbocycles. The Bertz CT molecular complexity index is 190. The van der Waals surface area contributed by atoms with Gasteiger partial charge in [0.2, 0.25) is 0 Å². The van der Waals surface area contributed by atoms with Gasteiger partial charge in [-0.25, -0.2) is 0 Å². The molecule has 0 bridgehead atoms. The monoisotopic (exact) mass is 202 g/mol. The van der Waals surface area contributed by atoms with Crippen LogP contribution in [0.1, 0.15) is 26.2 Å². The molecule has 2 fully saturated rings. The number of alkyl halides is 1. The number of hydrogen-bond acceptors (Lipinski definition) is 1. The molecule has 0 amide bonds. The van der Waals surface area contributed by atoms with E-state index in [4.69, 9.17) is 0 Å². The third kappa shape index (κ3) is 0.609. The highest BCUT2D eigenvalue weighted by Crippen LogP contribution is 2.56. The summed E-state index contributed by atoms with van der Waals surface area (Å²) in [6, 6.07) is 0. The van der Waals surface area contributed by atoms with Crippen molar-refractivity contribution in [2.75, 3.05) is 0 Å². The van der Waals surface area contributed by atoms with Crippen LogP contribution >= 0.6 is 15.9 Å². The van der Waals surface area contributed by atoms with Gasteiger partial charge in [0.15, 0.2) is 5.78 Å². The quantitative estimate of drug-likeness (QED) is 0.551. The molecule has 0 aromatic rings. The minimum atomic E-state index is 0.0775. The van der Waals surface area contributed by atoms with Gasteiger partial charge in [-0.3, -0.25) is 4.79 Å². The minimum Gasteiger partial charge on any atom is -0.298 e. The summed E-state index contributed by atoms with van der Waals surface area (Å²) in [7, 11) is 0. The third-order valence-corrected chi connectivity index (χ3v) is 4.04. The first kappa shape index (κ1) is 6.84. The van der Waals surface area contributed by atoms with Crippen molar-refractivity contribution >= 4 is 21.7 Å². The molecule has 56 valence electrons. The molecule has 2 saturated carbocycles. The number of carbonyl (C=O) groups is 1. The van der Waals surface area contributed by atoms with Crippen LogP contribution in [-0.4, -0.2) is 10.6 Å². The van der Waals surface area contributed by atoms with Crippen molar-refractivity contribution in [2.45, 2.75) is 31.0 Å². The normalized spacial score (nSPS) is 52.4. The summed E-state index contributed by atoms with van der Waals surface area (Å²) < 4.78 is 0. The Hall–Kier alpha value is 0.150. The fraction of sp³-hybridized carbons (Fsp3) is 0.875. The van der Waals surface area contributed by atoms with Gasteiger partial charge >= 0.3 is 0 Å². The van der Waals surface area contributed by atoms with Crippen molar-refractivity contribution in [3.8, 4) is 0 Å². The Balaban J connectivity index is 2.28. The standard InChI is InChI=1S/C8H11BrO/c1-8-3-2-5(8)4-6(9)7(8)10/h5-6H,2-4H2,1H3/t5?,6-,8-/m1/s1. The highest BCUT2D eigenvalue weighted by atomic mass is 79.9. The maximum absolute atomic E-state index is 11.4. The van der Waals surface area contributed by atoms with Crippen LogP contribution < -0.4 is 0 Å². The van der Waals surface area contributed by atoms with Crippen LogP contribution in [0.25, 0.3) is 0 Å². The zero-order valence-electron chi connectivity index (χ0n) is 6.06. The molecule has 0 saturated heterocycles. The summed E-state index contributed by atoms with van der Waals surface area (Å²) in [6.07, 6.45) is 3.47. The van der Waals surface area contributed by atoms with Gasteiger partial charge in [-0.15, -0.1) is 0 Å². The van der Waals surface area contributed by atoms with Crippen LogP contribution in [0.15, 0.2) is 0 Å². The third-order valence-electron chi connectivity index (χ3n) is 3.25. The average Bonchev–Trinajstić information content (AvgIpc) is 2.03. The minimum absolute atomic E-state index is 0.0775. The molecule has 1 unspecified atom stereocenters. The van der Waals surface area contributed by atoms with E-state index in [1.165, 1.54) is 6.42 Å². The zero-order chi connectivity index (χ0) is 7.35. The highest BCUT2D eigenvalue weighted by molar-refractivity contribution is 9.10. The van der Waals surface area contributed by atoms with Gasteiger partial charge in [-0.1, -0.05) is 22.9 Å². The number of Topliss-reactive ketones (excluding diaryl/α,β-unsaturated/α-hetero) is 1. The molecule has 2 aliphatic rings. The summed E-state index contributed by atoms with van der Waals surface area (Å²) in [6.45, 7) is 2.12. The van der Waals surface area contributed by atoms with Crippen molar-refractivity contribution < 1.29 is 4.79 Å². The lowest BCUT2D eigenvalue weighted by Crippen LogP contribution is -2.38. The predicted octanol–water partition coefficient (Wildman–Crippen LogP) is 2.14. The molecular weight excluding hydrogens is 192 g/mol. The van der Waals surface area contributed by atoms with Crippen molar-refractivity contribution in [1.29, 1.82) is 0 Å². The molecular formula is C8H11BrO. The lowest BCUT2D eigenvalue weighted by Gasteiger charge is -2.40. The number of halogens is 1. The van der Waals surface area contributed by atoms with E-state index >= 15 is 0 Å². The summed E-state index contributed by atoms with van der Waals surface area (Å²) in [5.74, 6) is 1.15. The first-order valence-corrected chi connectivity index (χ1v) is 4.74. The Morgan fingerprint density at radius 1 is 1.70 bits per heavy atom. The van der Waals surface area contributed by atoms with Crippen molar-refractivity contribution in [1.82, 2.24) is 0 Å². The van der Waals surface area contributed by atoms with Gasteiger partial charge in [0.1, 0.15) is 0 Å². The molecule has 0 aromatic heterocycles. The second-order valence-electron chi connectivity index (χ2n) is 3.72. The predicted molar refractivity (Wildman–Crippen MR) is 43.2 cm³/mol. The zero-order valence-corrected chi connectivity index (χ0v) is 7.65. The fourth-order valence-corrected chi connectivity index (χ4v) is 3.17. The van der Waals surface area contributed by atoms with Crippen LogP contribution in [-0.2, 0) is 4.79 Å². The van der Waals surface area contributed by atoms with E-state index in [1.807, 2.05) is 0 Å². The first-order valence-electron chi connectivity index (χ1n) is 3.83. The number of carbonyl (C=O) groups excluding carboxylic acids is 1. The molecule has 0 heterocycles. The summed E-state index contributed by atoms with van der Waals surface area (Å²) in [5.41, 5.74) is 0.0775. The summed E-state index contributed by atoms with van der Waals surface area (Å²) >= 11 is 3.41. The van der Waals surface area contributed by atoms with Crippen molar-refractivity contribution in [2.24, 2.45) is 11.3 Å². The Morgan fingerprint density at radius 2 is 2.40 bits per heavy atom. The van der Waals surface area contributed by atoms with Crippen LogP contribution in [0.4, 0.5) is 0 Å². The molecule has 0 aliphatic heterocycles. The Morgan fingerprint density at radius 3 is 2.60 bits per heavy atom. The maximum Gasteiger partial charge on any atom is 0.152 e. The van der Waals surface area contributed by atoms with E-state index in [2.05, 4.69) is 22.9 Å². The van der Waals surface area contributed by atoms with E-state index in [-0.39, 0.29) is 10.2 Å². The number of fused-ring (bicyclic) bond motifs is 1. The molecule has 0 N–H and O–H groups in total. The number of rotatable bonds is 0. The lowest BCUT2D eigenvalue weighted by molar-refractivity contribution is -0.130. The van der Waals surface area contributed by atoms with Crippen LogP contribution in [0, 0.1) is 11.3 Å². The number of hydrogen-bond donors (Lipinski definition) is 0. The molecule has 2 rings (SSSR count). The van der Waals surface area contributed by atoms with Gasteiger partial charge in [0, 0.05) is 5.41 Å². The first-order chi connectivity index (χ1) is 4.64. The largest absolute Gasteiger partial charge is 0.298 e. The molecule has 2 heteroatoms. The second-order valence-corrected chi connectivity index (χ2v) is 4.83. The van der Waals surface area contributed by atoms with E-state index in [1.54, 1.807) is 0 Å². The van der Waals surface area contributed by atoms with Gasteiger partial charge in [0.05, 0.1) is 4.83 Å². The van der Waals surface area contributed by atoms with Gasteiger partial charge in [-0.2, -0.15) is 0 Å². The van der Waals surface area contributed by atoms with E-state index in [9.17, 15) is 4.79 Å². The molecule has 3 atom stereocenters. The van der Waals surface area contributed by atoms with Crippen LogP contribution in [0.5, 0.6) is 0 Å². The van der Waals surface area contributed by atoms with Gasteiger partial charge < -0.3 is 0 Å². The Labute approximate surface area is 69.3 Å². The molecule has 1 nitrogen and oxygen atoms in total. The lowest BCUT2D eigenvalue weighted by atomic mass is 9.63. The van der Waals surface area contributed by atoms with Crippen LogP contribution in [0.3, 0.4) is 0 Å². The average molecular weight is 203 g/mol. The topological polar surface area (TPSA) is 17.1 Å². The van der Waals surface area contributed by atoms with E-state index in [0.29, 0.717) is 11.7 Å². The molecule has 0 spiro atoms. The van der Waals surface area contributed by atoms with Crippen LogP contribution in [0.2, 0.25) is 0 Å². The summed E-state index contributed by atoms with van der Waals surface area (Å²) in [5, 5.41) is 0.